The number of carbonyl (C=O) groups is 1. The Labute approximate surface area is 108 Å². The quantitative estimate of drug-likeness (QED) is 0.773. The third kappa shape index (κ3) is 4.53. The Morgan fingerprint density at radius 2 is 1.95 bits per heavy atom. The number of hydrogen-bond acceptors (Lipinski definition) is 3. The molecular weight excluding hydrogens is 261 g/mol. The molecule has 1 aromatic rings. The van der Waals surface area contributed by atoms with Crippen molar-refractivity contribution in [3.63, 3.8) is 0 Å². The number of benzene rings is 1. The van der Waals surface area contributed by atoms with Gasteiger partial charge in [-0.2, -0.15) is 13.2 Å². The third-order valence-electron chi connectivity index (χ3n) is 2.51. The van der Waals surface area contributed by atoms with E-state index in [2.05, 4.69) is 5.32 Å². The highest BCUT2D eigenvalue weighted by molar-refractivity contribution is 5.81. The minimum absolute atomic E-state index is 0.365. The lowest BCUT2D eigenvalue weighted by Gasteiger charge is -2.16. The van der Waals surface area contributed by atoms with Gasteiger partial charge in [-0.05, 0) is 17.7 Å². The lowest BCUT2D eigenvalue weighted by molar-refractivity contribution is -0.137. The molecule has 0 aromatic heterocycles. The van der Waals surface area contributed by atoms with Crippen LogP contribution in [0.3, 0.4) is 0 Å². The van der Waals surface area contributed by atoms with Gasteiger partial charge < -0.3 is 10.5 Å². The molecule has 0 spiro atoms. The van der Waals surface area contributed by atoms with Crippen LogP contribution in [0.15, 0.2) is 24.3 Å². The first-order valence-corrected chi connectivity index (χ1v) is 5.55. The molecule has 7 heteroatoms. The molecule has 4 nitrogen and oxygen atoms in total. The second kappa shape index (κ2) is 6.53. The number of primary amides is 1. The number of nitrogens with one attached hydrogen (secondary N) is 1. The van der Waals surface area contributed by atoms with Crippen molar-refractivity contribution in [1.82, 2.24) is 5.32 Å². The highest BCUT2D eigenvalue weighted by Crippen LogP contribution is 2.29. The summed E-state index contributed by atoms with van der Waals surface area (Å²) < 4.78 is 42.0. The Morgan fingerprint density at radius 1 is 1.37 bits per heavy atom. The van der Waals surface area contributed by atoms with Gasteiger partial charge >= 0.3 is 6.18 Å². The van der Waals surface area contributed by atoms with Gasteiger partial charge in [-0.25, -0.2) is 0 Å². The van der Waals surface area contributed by atoms with Crippen molar-refractivity contribution >= 4 is 5.91 Å². The summed E-state index contributed by atoms with van der Waals surface area (Å²) >= 11 is 0. The van der Waals surface area contributed by atoms with Crippen LogP contribution in [0, 0.1) is 0 Å². The number of alkyl halides is 3. The van der Waals surface area contributed by atoms with Crippen molar-refractivity contribution in [2.24, 2.45) is 5.73 Å². The second-order valence-electron chi connectivity index (χ2n) is 3.90. The van der Waals surface area contributed by atoms with Crippen molar-refractivity contribution in [3.8, 4) is 0 Å². The molecule has 0 aliphatic rings. The Hall–Kier alpha value is -1.60. The summed E-state index contributed by atoms with van der Waals surface area (Å²) in [6, 6.07) is 3.47. The number of ether oxygens (including phenoxy) is 1. The van der Waals surface area contributed by atoms with E-state index in [9.17, 15) is 18.0 Å². The summed E-state index contributed by atoms with van der Waals surface area (Å²) in [4.78, 5) is 11.3. The smallest absolute Gasteiger partial charge is 0.383 e. The second-order valence-corrected chi connectivity index (χ2v) is 3.90. The normalized spacial score (nSPS) is 13.3. The third-order valence-corrected chi connectivity index (χ3v) is 2.51. The van der Waals surface area contributed by atoms with Gasteiger partial charge in [-0.3, -0.25) is 10.1 Å². The lowest BCUT2D eigenvalue weighted by Crippen LogP contribution is -2.35. The maximum atomic E-state index is 12.4. The van der Waals surface area contributed by atoms with Crippen LogP contribution >= 0.6 is 0 Å². The number of amides is 1. The van der Waals surface area contributed by atoms with E-state index in [1.807, 2.05) is 0 Å². The predicted molar refractivity (Wildman–Crippen MR) is 63.3 cm³/mol. The van der Waals surface area contributed by atoms with E-state index < -0.39 is 23.7 Å². The fourth-order valence-corrected chi connectivity index (χ4v) is 1.55. The van der Waals surface area contributed by atoms with Crippen LogP contribution in [0.5, 0.6) is 0 Å². The van der Waals surface area contributed by atoms with Gasteiger partial charge in [0, 0.05) is 13.7 Å². The van der Waals surface area contributed by atoms with E-state index in [1.54, 1.807) is 0 Å². The fourth-order valence-electron chi connectivity index (χ4n) is 1.55. The van der Waals surface area contributed by atoms with Gasteiger partial charge in [0.15, 0.2) is 0 Å². The van der Waals surface area contributed by atoms with E-state index >= 15 is 0 Å². The molecule has 1 atom stereocenters. The Kier molecular flexibility index (Phi) is 5.31. The topological polar surface area (TPSA) is 64.3 Å². The average molecular weight is 276 g/mol. The number of methoxy groups -OCH3 is 1. The van der Waals surface area contributed by atoms with Gasteiger partial charge in [-0.15, -0.1) is 0 Å². The zero-order chi connectivity index (χ0) is 14.5. The molecule has 0 aliphatic heterocycles. The Morgan fingerprint density at radius 3 is 2.37 bits per heavy atom. The molecule has 0 radical (unpaired) electrons. The van der Waals surface area contributed by atoms with Crippen LogP contribution in [0.4, 0.5) is 13.2 Å². The predicted octanol–water partition coefficient (Wildman–Crippen LogP) is 1.47. The summed E-state index contributed by atoms with van der Waals surface area (Å²) in [5.41, 5.74) is 4.83. The maximum absolute atomic E-state index is 12.4. The number of hydrogen-bond donors (Lipinski definition) is 2. The minimum atomic E-state index is -4.40. The van der Waals surface area contributed by atoms with E-state index in [-0.39, 0.29) is 0 Å². The number of nitrogens with two attached hydrogens (primary N) is 1. The summed E-state index contributed by atoms with van der Waals surface area (Å²) in [6.07, 6.45) is -4.40. The van der Waals surface area contributed by atoms with Crippen LogP contribution in [0.1, 0.15) is 17.2 Å². The van der Waals surface area contributed by atoms with Crippen molar-refractivity contribution in [2.75, 3.05) is 20.3 Å². The van der Waals surface area contributed by atoms with Gasteiger partial charge in [0.25, 0.3) is 0 Å². The van der Waals surface area contributed by atoms with Gasteiger partial charge in [0.05, 0.1) is 12.2 Å². The van der Waals surface area contributed by atoms with E-state index in [1.165, 1.54) is 19.2 Å². The molecule has 0 saturated heterocycles. The molecule has 1 aromatic carbocycles. The molecule has 106 valence electrons. The molecule has 0 aliphatic carbocycles. The first kappa shape index (κ1) is 15.5. The molecule has 0 saturated carbocycles. The van der Waals surface area contributed by atoms with E-state index in [0.29, 0.717) is 18.7 Å². The monoisotopic (exact) mass is 276 g/mol. The summed E-state index contributed by atoms with van der Waals surface area (Å²) in [7, 11) is 1.50. The van der Waals surface area contributed by atoms with Crippen LogP contribution in [0.25, 0.3) is 0 Å². The highest BCUT2D eigenvalue weighted by atomic mass is 19.4. The van der Waals surface area contributed by atoms with Crippen molar-refractivity contribution in [3.05, 3.63) is 35.4 Å². The van der Waals surface area contributed by atoms with Crippen molar-refractivity contribution in [1.29, 1.82) is 0 Å². The molecule has 19 heavy (non-hydrogen) atoms. The first-order valence-electron chi connectivity index (χ1n) is 5.55. The SMILES string of the molecule is COCCNC(C(N)=O)c1ccc(C(F)(F)F)cc1. The lowest BCUT2D eigenvalue weighted by atomic mass is 10.0. The molecule has 1 unspecified atom stereocenters. The number of halogens is 3. The van der Waals surface area contributed by atoms with Crippen molar-refractivity contribution in [2.45, 2.75) is 12.2 Å². The zero-order valence-electron chi connectivity index (χ0n) is 10.3. The van der Waals surface area contributed by atoms with E-state index in [4.69, 9.17) is 10.5 Å². The maximum Gasteiger partial charge on any atom is 0.416 e. The number of carbonyl (C=O) groups excluding carboxylic acids is 1. The van der Waals surface area contributed by atoms with Crippen LogP contribution in [-0.2, 0) is 15.7 Å². The van der Waals surface area contributed by atoms with Gasteiger partial charge in [-0.1, -0.05) is 12.1 Å². The van der Waals surface area contributed by atoms with Crippen LogP contribution in [-0.4, -0.2) is 26.2 Å². The molecule has 0 bridgehead atoms. The zero-order valence-corrected chi connectivity index (χ0v) is 10.3. The van der Waals surface area contributed by atoms with E-state index in [0.717, 1.165) is 12.1 Å². The number of rotatable bonds is 6. The Bertz CT molecular complexity index is 418. The Balaban J connectivity index is 2.83. The molecular formula is C12H15F3N2O2. The van der Waals surface area contributed by atoms with Crippen LogP contribution in [0.2, 0.25) is 0 Å². The summed E-state index contributed by atoms with van der Waals surface area (Å²) in [5, 5.41) is 2.81. The molecule has 0 heterocycles. The van der Waals surface area contributed by atoms with Gasteiger partial charge in [0.1, 0.15) is 6.04 Å². The van der Waals surface area contributed by atoms with Crippen molar-refractivity contribution < 1.29 is 22.7 Å². The minimum Gasteiger partial charge on any atom is -0.383 e. The molecule has 1 amide bonds. The standard InChI is InChI=1S/C12H15F3N2O2/c1-19-7-6-17-10(11(16)18)8-2-4-9(5-3-8)12(13,14)15/h2-5,10,17H,6-7H2,1H3,(H2,16,18). The molecule has 1 rings (SSSR count). The van der Waals surface area contributed by atoms with Gasteiger partial charge in [0.2, 0.25) is 5.91 Å². The largest absolute Gasteiger partial charge is 0.416 e. The summed E-state index contributed by atoms with van der Waals surface area (Å²) in [5.74, 6) is -0.657. The molecule has 0 fully saturated rings. The summed E-state index contributed by atoms with van der Waals surface area (Å²) in [6.45, 7) is 0.732. The average Bonchev–Trinajstić information content (AvgIpc) is 2.33. The first-order chi connectivity index (χ1) is 8.86. The molecule has 3 N–H and O–H groups in total. The fraction of sp³-hybridized carbons (Fsp3) is 0.417. The highest BCUT2D eigenvalue weighted by Gasteiger charge is 2.30. The van der Waals surface area contributed by atoms with Crippen LogP contribution < -0.4 is 11.1 Å².